The Morgan fingerprint density at radius 2 is 2.08 bits per heavy atom. The second-order valence-electron chi connectivity index (χ2n) is 2.44. The third-order valence-electron chi connectivity index (χ3n) is 1.53. The largest absolute Gasteiger partial charge is 0.277 e. The van der Waals surface area contributed by atoms with Crippen molar-refractivity contribution in [2.75, 3.05) is 7.11 Å². The first-order chi connectivity index (χ1) is 6.25. The molecule has 1 unspecified atom stereocenters. The first-order valence-corrected chi connectivity index (χ1v) is 4.21. The Labute approximate surface area is 81.6 Å². The molecule has 1 aromatic carbocycles. The van der Waals surface area contributed by atoms with E-state index in [-0.39, 0.29) is 5.91 Å². The fourth-order valence-corrected chi connectivity index (χ4v) is 1.12. The summed E-state index contributed by atoms with van der Waals surface area (Å²) in [5.41, 5.74) is 2.92. The molecule has 1 rings (SSSR count). The third-order valence-corrected chi connectivity index (χ3v) is 1.98. The van der Waals surface area contributed by atoms with Gasteiger partial charge in [-0.1, -0.05) is 30.3 Å². The van der Waals surface area contributed by atoms with Crippen molar-refractivity contribution in [2.45, 2.75) is 5.38 Å². The lowest BCUT2D eigenvalue weighted by Crippen LogP contribution is -2.25. The number of hydroxylamine groups is 1. The molecule has 0 radical (unpaired) electrons. The van der Waals surface area contributed by atoms with E-state index in [1.165, 1.54) is 7.11 Å². The number of hydrogen-bond donors (Lipinski definition) is 1. The molecule has 1 aromatic rings. The van der Waals surface area contributed by atoms with Gasteiger partial charge >= 0.3 is 0 Å². The smallest absolute Gasteiger partial charge is 0.266 e. The zero-order valence-electron chi connectivity index (χ0n) is 7.16. The van der Waals surface area contributed by atoms with Crippen LogP contribution in [0.15, 0.2) is 30.3 Å². The average Bonchev–Trinajstić information content (AvgIpc) is 2.18. The molecule has 1 amide bonds. The predicted molar refractivity (Wildman–Crippen MR) is 50.2 cm³/mol. The molecule has 0 spiro atoms. The molecule has 0 aliphatic heterocycles. The normalized spacial score (nSPS) is 12.2. The van der Waals surface area contributed by atoms with E-state index in [4.69, 9.17) is 11.6 Å². The van der Waals surface area contributed by atoms with E-state index >= 15 is 0 Å². The second kappa shape index (κ2) is 4.84. The molecule has 0 saturated heterocycles. The molecule has 13 heavy (non-hydrogen) atoms. The van der Waals surface area contributed by atoms with Gasteiger partial charge < -0.3 is 0 Å². The van der Waals surface area contributed by atoms with E-state index in [2.05, 4.69) is 10.3 Å². The summed E-state index contributed by atoms with van der Waals surface area (Å²) in [6, 6.07) is 9.08. The number of alkyl halides is 1. The van der Waals surface area contributed by atoms with E-state index in [0.29, 0.717) is 0 Å². The Balaban J connectivity index is 2.68. The molecule has 0 aliphatic carbocycles. The maximum atomic E-state index is 11.2. The Morgan fingerprint density at radius 3 is 2.62 bits per heavy atom. The molecule has 0 saturated carbocycles. The van der Waals surface area contributed by atoms with Gasteiger partial charge in [0.25, 0.3) is 5.91 Å². The zero-order valence-corrected chi connectivity index (χ0v) is 7.91. The van der Waals surface area contributed by atoms with Crippen molar-refractivity contribution in [1.82, 2.24) is 5.48 Å². The summed E-state index contributed by atoms with van der Waals surface area (Å²) in [7, 11) is 1.37. The van der Waals surface area contributed by atoms with Gasteiger partial charge in [-0.05, 0) is 5.56 Å². The summed E-state index contributed by atoms with van der Waals surface area (Å²) in [5, 5.41) is -0.707. The summed E-state index contributed by atoms with van der Waals surface area (Å²) < 4.78 is 0. The van der Waals surface area contributed by atoms with Crippen LogP contribution in [0.25, 0.3) is 0 Å². The van der Waals surface area contributed by atoms with E-state index in [0.717, 1.165) is 5.56 Å². The van der Waals surface area contributed by atoms with Crippen LogP contribution in [-0.4, -0.2) is 13.0 Å². The van der Waals surface area contributed by atoms with Crippen LogP contribution in [-0.2, 0) is 9.63 Å². The highest BCUT2D eigenvalue weighted by Crippen LogP contribution is 2.19. The zero-order chi connectivity index (χ0) is 9.68. The SMILES string of the molecule is CONC(=O)C(Cl)c1ccccc1. The van der Waals surface area contributed by atoms with Gasteiger partial charge in [-0.25, -0.2) is 5.48 Å². The second-order valence-corrected chi connectivity index (χ2v) is 2.88. The molecule has 1 N–H and O–H groups in total. The van der Waals surface area contributed by atoms with E-state index in [9.17, 15) is 4.79 Å². The molecule has 1 atom stereocenters. The van der Waals surface area contributed by atoms with E-state index < -0.39 is 5.38 Å². The summed E-state index contributed by atoms with van der Waals surface area (Å²) in [6.07, 6.45) is 0. The minimum absolute atomic E-state index is 0.365. The monoisotopic (exact) mass is 199 g/mol. The number of carbonyl (C=O) groups excluding carboxylic acids is 1. The summed E-state index contributed by atoms with van der Waals surface area (Å²) in [6.45, 7) is 0. The van der Waals surface area contributed by atoms with E-state index in [1.54, 1.807) is 12.1 Å². The van der Waals surface area contributed by atoms with Crippen molar-refractivity contribution in [1.29, 1.82) is 0 Å². The molecule has 0 heterocycles. The van der Waals surface area contributed by atoms with Crippen LogP contribution < -0.4 is 5.48 Å². The molecule has 0 fully saturated rings. The van der Waals surface area contributed by atoms with Gasteiger partial charge in [0.2, 0.25) is 0 Å². The predicted octanol–water partition coefficient (Wildman–Crippen LogP) is 1.64. The fraction of sp³-hybridized carbons (Fsp3) is 0.222. The number of nitrogens with one attached hydrogen (secondary N) is 1. The number of hydrogen-bond acceptors (Lipinski definition) is 2. The minimum atomic E-state index is -0.707. The van der Waals surface area contributed by atoms with Crippen LogP contribution in [0, 0.1) is 0 Å². The molecule has 70 valence electrons. The molecular weight excluding hydrogens is 190 g/mol. The molecule has 0 aromatic heterocycles. The number of rotatable bonds is 3. The van der Waals surface area contributed by atoms with Gasteiger partial charge in [-0.15, -0.1) is 11.6 Å². The van der Waals surface area contributed by atoms with Crippen LogP contribution in [0.3, 0.4) is 0 Å². The summed E-state index contributed by atoms with van der Waals surface area (Å²) in [4.78, 5) is 15.6. The highest BCUT2D eigenvalue weighted by molar-refractivity contribution is 6.30. The summed E-state index contributed by atoms with van der Waals surface area (Å²) in [5.74, 6) is -0.365. The molecule has 0 bridgehead atoms. The van der Waals surface area contributed by atoms with E-state index in [1.807, 2.05) is 18.2 Å². The van der Waals surface area contributed by atoms with Gasteiger partial charge in [0.1, 0.15) is 5.38 Å². The van der Waals surface area contributed by atoms with Crippen molar-refractivity contribution >= 4 is 17.5 Å². The molecule has 0 aliphatic rings. The Kier molecular flexibility index (Phi) is 3.73. The Hall–Kier alpha value is -1.06. The highest BCUT2D eigenvalue weighted by atomic mass is 35.5. The Morgan fingerprint density at radius 1 is 1.46 bits per heavy atom. The number of carbonyl (C=O) groups is 1. The molecule has 4 heteroatoms. The maximum Gasteiger partial charge on any atom is 0.266 e. The Bertz CT molecular complexity index is 276. The number of amides is 1. The van der Waals surface area contributed by atoms with Crippen molar-refractivity contribution in [3.05, 3.63) is 35.9 Å². The van der Waals surface area contributed by atoms with Crippen LogP contribution >= 0.6 is 11.6 Å². The first kappa shape index (κ1) is 10.0. The minimum Gasteiger partial charge on any atom is -0.277 e. The maximum absolute atomic E-state index is 11.2. The number of halogens is 1. The molecular formula is C9H10ClNO2. The van der Waals surface area contributed by atoms with Gasteiger partial charge in [0, 0.05) is 0 Å². The summed E-state index contributed by atoms with van der Waals surface area (Å²) >= 11 is 5.84. The average molecular weight is 200 g/mol. The lowest BCUT2D eigenvalue weighted by Gasteiger charge is -2.08. The van der Waals surface area contributed by atoms with Crippen LogP contribution in [0.5, 0.6) is 0 Å². The van der Waals surface area contributed by atoms with Crippen LogP contribution in [0.4, 0.5) is 0 Å². The third kappa shape index (κ3) is 2.72. The van der Waals surface area contributed by atoms with Crippen molar-refractivity contribution in [3.8, 4) is 0 Å². The van der Waals surface area contributed by atoms with Gasteiger partial charge in [0.05, 0.1) is 7.11 Å². The number of benzene rings is 1. The fourth-order valence-electron chi connectivity index (χ4n) is 0.926. The van der Waals surface area contributed by atoms with Gasteiger partial charge in [-0.2, -0.15) is 0 Å². The van der Waals surface area contributed by atoms with Crippen molar-refractivity contribution < 1.29 is 9.63 Å². The van der Waals surface area contributed by atoms with Crippen LogP contribution in [0.1, 0.15) is 10.9 Å². The quantitative estimate of drug-likeness (QED) is 0.594. The first-order valence-electron chi connectivity index (χ1n) is 3.77. The molecule has 3 nitrogen and oxygen atoms in total. The van der Waals surface area contributed by atoms with Gasteiger partial charge in [0.15, 0.2) is 0 Å². The topological polar surface area (TPSA) is 38.3 Å². The van der Waals surface area contributed by atoms with Crippen LogP contribution in [0.2, 0.25) is 0 Å². The standard InChI is InChI=1S/C9H10ClNO2/c1-13-11-9(12)8(10)7-5-3-2-4-6-7/h2-6,8H,1H3,(H,11,12). The highest BCUT2D eigenvalue weighted by Gasteiger charge is 2.16. The lowest BCUT2D eigenvalue weighted by atomic mass is 10.1. The van der Waals surface area contributed by atoms with Gasteiger partial charge in [-0.3, -0.25) is 9.63 Å². The van der Waals surface area contributed by atoms with Crippen molar-refractivity contribution in [3.63, 3.8) is 0 Å². The lowest BCUT2D eigenvalue weighted by molar-refractivity contribution is -0.131. The van der Waals surface area contributed by atoms with Crippen molar-refractivity contribution in [2.24, 2.45) is 0 Å².